The van der Waals surface area contributed by atoms with E-state index in [-0.39, 0.29) is 6.10 Å². The van der Waals surface area contributed by atoms with Crippen LogP contribution in [0.1, 0.15) is 19.8 Å². The van der Waals surface area contributed by atoms with E-state index in [1.165, 1.54) is 27.9 Å². The molecule has 0 saturated carbocycles. The lowest BCUT2D eigenvalue weighted by Crippen LogP contribution is -2.12. The van der Waals surface area contributed by atoms with Gasteiger partial charge >= 0.3 is 0 Å². The average Bonchev–Trinajstić information content (AvgIpc) is 3.13. The Bertz CT molecular complexity index is 671. The first kappa shape index (κ1) is 12.4. The van der Waals surface area contributed by atoms with Crippen molar-refractivity contribution in [1.29, 1.82) is 0 Å². The van der Waals surface area contributed by atoms with Gasteiger partial charge in [0.2, 0.25) is 0 Å². The fraction of sp³-hybridized carbons (Fsp3) is 0.294. The normalized spacial score (nSPS) is 27.3. The Balaban J connectivity index is 1.69. The molecule has 0 bridgehead atoms. The summed E-state index contributed by atoms with van der Waals surface area (Å²) < 4.78 is 12.2. The van der Waals surface area contributed by atoms with Gasteiger partial charge in [0.1, 0.15) is 11.9 Å². The first-order valence-electron chi connectivity index (χ1n) is 6.87. The zero-order valence-corrected chi connectivity index (χ0v) is 12.9. The van der Waals surface area contributed by atoms with E-state index in [0.29, 0.717) is 6.79 Å². The number of rotatable bonds is 2. The number of ether oxygens (including phenoxy) is 2. The summed E-state index contributed by atoms with van der Waals surface area (Å²) in [4.78, 5) is 0. The van der Waals surface area contributed by atoms with Crippen molar-refractivity contribution < 1.29 is 9.47 Å². The zero-order chi connectivity index (χ0) is 13.7. The monoisotopic (exact) mass is 330 g/mol. The summed E-state index contributed by atoms with van der Waals surface area (Å²) in [6.45, 7) is 2.53. The van der Waals surface area contributed by atoms with Crippen LogP contribution in [0.25, 0.3) is 0 Å². The largest absolute Gasteiger partial charge is 0.468 e. The van der Waals surface area contributed by atoms with E-state index in [9.17, 15) is 0 Å². The minimum Gasteiger partial charge on any atom is -0.468 e. The number of fused-ring (bicyclic) bond motifs is 2. The SMILES string of the molecule is CC1=C(CC2=CC=CC2)C2=CC3OCOC3=C(Br)C2=C1. The van der Waals surface area contributed by atoms with Gasteiger partial charge in [-0.3, -0.25) is 0 Å². The van der Waals surface area contributed by atoms with Crippen molar-refractivity contribution in [2.24, 2.45) is 0 Å². The molecule has 102 valence electrons. The van der Waals surface area contributed by atoms with Crippen LogP contribution in [0.4, 0.5) is 0 Å². The van der Waals surface area contributed by atoms with Crippen molar-refractivity contribution in [3.05, 3.63) is 68.5 Å². The molecule has 4 aliphatic rings. The number of allylic oxidation sites excluding steroid dienone is 10. The first-order valence-corrected chi connectivity index (χ1v) is 7.66. The van der Waals surface area contributed by atoms with Gasteiger partial charge in [0.15, 0.2) is 6.79 Å². The van der Waals surface area contributed by atoms with Crippen molar-refractivity contribution in [1.82, 2.24) is 0 Å². The molecule has 0 radical (unpaired) electrons. The summed E-state index contributed by atoms with van der Waals surface area (Å²) in [5, 5.41) is 0. The molecule has 0 spiro atoms. The van der Waals surface area contributed by atoms with Gasteiger partial charge in [0.05, 0.1) is 4.48 Å². The Morgan fingerprint density at radius 3 is 3.05 bits per heavy atom. The second-order valence-electron chi connectivity index (χ2n) is 5.46. The van der Waals surface area contributed by atoms with Crippen LogP contribution >= 0.6 is 15.9 Å². The molecule has 3 aliphatic carbocycles. The van der Waals surface area contributed by atoms with E-state index < -0.39 is 0 Å². The second kappa shape index (κ2) is 4.61. The topological polar surface area (TPSA) is 18.5 Å². The Morgan fingerprint density at radius 1 is 1.35 bits per heavy atom. The molecule has 1 fully saturated rings. The summed E-state index contributed by atoms with van der Waals surface area (Å²) in [6, 6.07) is 0. The number of hydrogen-bond donors (Lipinski definition) is 0. The van der Waals surface area contributed by atoms with Gasteiger partial charge in [-0.05, 0) is 70.1 Å². The van der Waals surface area contributed by atoms with E-state index in [2.05, 4.69) is 53.2 Å². The van der Waals surface area contributed by atoms with Gasteiger partial charge in [0, 0.05) is 0 Å². The van der Waals surface area contributed by atoms with Crippen molar-refractivity contribution in [2.75, 3.05) is 6.79 Å². The highest BCUT2D eigenvalue weighted by molar-refractivity contribution is 9.12. The molecular weight excluding hydrogens is 316 g/mol. The Labute approximate surface area is 127 Å². The molecule has 3 heteroatoms. The summed E-state index contributed by atoms with van der Waals surface area (Å²) in [5.74, 6) is 0.913. The van der Waals surface area contributed by atoms with Gasteiger partial charge < -0.3 is 9.47 Å². The second-order valence-corrected chi connectivity index (χ2v) is 6.25. The Morgan fingerprint density at radius 2 is 2.25 bits per heavy atom. The summed E-state index contributed by atoms with van der Waals surface area (Å²) in [6.07, 6.45) is 13.1. The molecule has 0 amide bonds. The quantitative estimate of drug-likeness (QED) is 0.745. The lowest BCUT2D eigenvalue weighted by Gasteiger charge is -2.20. The highest BCUT2D eigenvalue weighted by Crippen LogP contribution is 2.47. The van der Waals surface area contributed by atoms with Crippen LogP contribution in [-0.4, -0.2) is 12.9 Å². The maximum absolute atomic E-state index is 5.63. The molecule has 2 nitrogen and oxygen atoms in total. The van der Waals surface area contributed by atoms with Crippen molar-refractivity contribution in [3.63, 3.8) is 0 Å². The van der Waals surface area contributed by atoms with Crippen molar-refractivity contribution in [3.8, 4) is 0 Å². The van der Waals surface area contributed by atoms with Crippen LogP contribution in [0.3, 0.4) is 0 Å². The third kappa shape index (κ3) is 1.80. The van der Waals surface area contributed by atoms with E-state index in [1.807, 2.05) is 0 Å². The standard InChI is InChI=1S/C17H15BrO2/c1-10-6-14-13(12(10)7-11-4-2-3-5-11)8-15-17(16(14)18)20-9-19-15/h2-4,6,8,15H,5,7,9H2,1H3. The van der Waals surface area contributed by atoms with Crippen molar-refractivity contribution in [2.45, 2.75) is 25.9 Å². The summed E-state index contributed by atoms with van der Waals surface area (Å²) >= 11 is 3.68. The van der Waals surface area contributed by atoms with E-state index >= 15 is 0 Å². The smallest absolute Gasteiger partial charge is 0.190 e. The number of halogens is 1. The Hall–Kier alpha value is -1.32. The molecule has 1 aliphatic heterocycles. The highest BCUT2D eigenvalue weighted by atomic mass is 79.9. The fourth-order valence-electron chi connectivity index (χ4n) is 3.14. The molecule has 1 atom stereocenters. The molecule has 0 aromatic carbocycles. The third-order valence-corrected chi connectivity index (χ3v) is 5.01. The Kier molecular flexibility index (Phi) is 2.86. The molecular formula is C17H15BrO2. The molecule has 20 heavy (non-hydrogen) atoms. The maximum atomic E-state index is 5.63. The van der Waals surface area contributed by atoms with Crippen LogP contribution in [-0.2, 0) is 9.47 Å². The van der Waals surface area contributed by atoms with Crippen LogP contribution in [0.5, 0.6) is 0 Å². The predicted molar refractivity (Wildman–Crippen MR) is 82.1 cm³/mol. The molecule has 0 N–H and O–H groups in total. The van der Waals surface area contributed by atoms with Crippen LogP contribution in [0, 0.1) is 0 Å². The van der Waals surface area contributed by atoms with Crippen LogP contribution in [0.15, 0.2) is 68.5 Å². The molecule has 1 unspecified atom stereocenters. The average molecular weight is 331 g/mol. The highest BCUT2D eigenvalue weighted by Gasteiger charge is 2.35. The maximum Gasteiger partial charge on any atom is 0.190 e. The van der Waals surface area contributed by atoms with Gasteiger partial charge in [-0.1, -0.05) is 23.8 Å². The molecule has 0 aromatic rings. The van der Waals surface area contributed by atoms with Gasteiger partial charge in [-0.25, -0.2) is 0 Å². The van der Waals surface area contributed by atoms with Crippen molar-refractivity contribution >= 4 is 15.9 Å². The first-order chi connectivity index (χ1) is 9.74. The fourth-order valence-corrected chi connectivity index (χ4v) is 3.81. The summed E-state index contributed by atoms with van der Waals surface area (Å²) in [5.41, 5.74) is 6.78. The molecule has 0 aromatic heterocycles. The van der Waals surface area contributed by atoms with Crippen LogP contribution in [0.2, 0.25) is 0 Å². The van der Waals surface area contributed by atoms with Gasteiger partial charge in [-0.2, -0.15) is 0 Å². The van der Waals surface area contributed by atoms with E-state index in [4.69, 9.17) is 9.47 Å². The molecule has 4 rings (SSSR count). The number of hydrogen-bond acceptors (Lipinski definition) is 2. The summed E-state index contributed by atoms with van der Waals surface area (Å²) in [7, 11) is 0. The minimum absolute atomic E-state index is 0.0342. The lowest BCUT2D eigenvalue weighted by molar-refractivity contribution is 0.0629. The van der Waals surface area contributed by atoms with Crippen LogP contribution < -0.4 is 0 Å². The lowest BCUT2D eigenvalue weighted by atomic mass is 9.91. The van der Waals surface area contributed by atoms with Gasteiger partial charge in [0.25, 0.3) is 0 Å². The zero-order valence-electron chi connectivity index (χ0n) is 11.3. The predicted octanol–water partition coefficient (Wildman–Crippen LogP) is 4.44. The van der Waals surface area contributed by atoms with E-state index in [0.717, 1.165) is 23.1 Å². The minimum atomic E-state index is -0.0342. The van der Waals surface area contributed by atoms with Gasteiger partial charge in [-0.15, -0.1) is 0 Å². The molecule has 1 saturated heterocycles. The third-order valence-electron chi connectivity index (χ3n) is 4.20. The molecule has 1 heterocycles. The van der Waals surface area contributed by atoms with E-state index in [1.54, 1.807) is 0 Å².